The van der Waals surface area contributed by atoms with Crippen LogP contribution in [-0.2, 0) is 25.5 Å². The summed E-state index contributed by atoms with van der Waals surface area (Å²) in [6.07, 6.45) is 0.667. The first-order valence-electron chi connectivity index (χ1n) is 10.3. The summed E-state index contributed by atoms with van der Waals surface area (Å²) in [5.74, 6) is -0.180. The van der Waals surface area contributed by atoms with E-state index >= 15 is 0 Å². The number of phenols is 1. The standard InChI is InChI=1S/C24H31NO6S/c1-17(19-9-7-6-8-10-19)29-22(27)21(15-18-11-13-20(26)14-12-18)25(16-32-5)31-23(28)30-24(2,3)4/h6-14,17,21,26H,15-16H2,1-5H3/t17?,21-/m1/s1. The fourth-order valence-electron chi connectivity index (χ4n) is 2.87. The highest BCUT2D eigenvalue weighted by atomic mass is 32.2. The molecule has 0 aromatic heterocycles. The highest BCUT2D eigenvalue weighted by molar-refractivity contribution is 7.98. The van der Waals surface area contributed by atoms with Crippen LogP contribution in [0.3, 0.4) is 0 Å². The van der Waals surface area contributed by atoms with Crippen molar-refractivity contribution in [2.45, 2.75) is 51.9 Å². The minimum Gasteiger partial charge on any atom is -0.508 e. The fraction of sp³-hybridized carbons (Fsp3) is 0.417. The number of hydrogen-bond donors (Lipinski definition) is 1. The van der Waals surface area contributed by atoms with E-state index in [0.717, 1.165) is 11.1 Å². The highest BCUT2D eigenvalue weighted by Crippen LogP contribution is 2.22. The second-order valence-electron chi connectivity index (χ2n) is 8.27. The molecule has 2 aromatic rings. The number of benzene rings is 2. The van der Waals surface area contributed by atoms with Gasteiger partial charge in [-0.25, -0.2) is 4.79 Å². The first-order chi connectivity index (χ1) is 15.1. The monoisotopic (exact) mass is 461 g/mol. The molecule has 0 aliphatic rings. The van der Waals surface area contributed by atoms with Crippen molar-refractivity contribution in [3.8, 4) is 5.75 Å². The quantitative estimate of drug-likeness (QED) is 0.314. The van der Waals surface area contributed by atoms with Crippen LogP contribution in [0, 0.1) is 0 Å². The number of phenolic OH excluding ortho intramolecular Hbond substituents is 1. The lowest BCUT2D eigenvalue weighted by atomic mass is 10.1. The Morgan fingerprint density at radius 3 is 2.25 bits per heavy atom. The third-order valence-electron chi connectivity index (χ3n) is 4.38. The Bertz CT molecular complexity index is 866. The molecule has 0 amide bonds. The zero-order valence-corrected chi connectivity index (χ0v) is 19.9. The molecular formula is C24H31NO6S. The highest BCUT2D eigenvalue weighted by Gasteiger charge is 2.33. The molecule has 1 unspecified atom stereocenters. The summed E-state index contributed by atoms with van der Waals surface area (Å²) < 4.78 is 11.0. The van der Waals surface area contributed by atoms with E-state index in [2.05, 4.69) is 0 Å². The van der Waals surface area contributed by atoms with Gasteiger partial charge in [-0.3, -0.25) is 4.79 Å². The summed E-state index contributed by atoms with van der Waals surface area (Å²) in [6, 6.07) is 15.0. The number of carbonyl (C=O) groups is 2. The van der Waals surface area contributed by atoms with E-state index in [9.17, 15) is 14.7 Å². The Morgan fingerprint density at radius 2 is 1.69 bits per heavy atom. The predicted molar refractivity (Wildman–Crippen MR) is 124 cm³/mol. The van der Waals surface area contributed by atoms with Crippen LogP contribution in [-0.4, -0.2) is 46.1 Å². The first-order valence-corrected chi connectivity index (χ1v) is 11.7. The van der Waals surface area contributed by atoms with E-state index in [4.69, 9.17) is 14.3 Å². The van der Waals surface area contributed by atoms with Crippen molar-refractivity contribution < 1.29 is 29.0 Å². The van der Waals surface area contributed by atoms with Crippen molar-refractivity contribution >= 4 is 23.9 Å². The van der Waals surface area contributed by atoms with E-state index < -0.39 is 29.9 Å². The lowest BCUT2D eigenvalue weighted by Gasteiger charge is -2.30. The van der Waals surface area contributed by atoms with E-state index in [0.29, 0.717) is 0 Å². The number of hydroxylamine groups is 2. The van der Waals surface area contributed by atoms with Crippen molar-refractivity contribution in [3.63, 3.8) is 0 Å². The zero-order chi connectivity index (χ0) is 23.7. The molecule has 2 atom stereocenters. The van der Waals surface area contributed by atoms with Crippen LogP contribution in [0.5, 0.6) is 5.75 Å². The number of hydrogen-bond acceptors (Lipinski definition) is 8. The molecule has 0 saturated heterocycles. The van der Waals surface area contributed by atoms with Gasteiger partial charge in [0.2, 0.25) is 0 Å². The molecule has 0 fully saturated rings. The molecule has 0 spiro atoms. The van der Waals surface area contributed by atoms with Gasteiger partial charge >= 0.3 is 12.1 Å². The number of aromatic hydroxyl groups is 1. The van der Waals surface area contributed by atoms with Crippen molar-refractivity contribution in [2.75, 3.05) is 12.1 Å². The molecule has 0 bridgehead atoms. The second kappa shape index (κ2) is 11.8. The summed E-state index contributed by atoms with van der Waals surface area (Å²) in [7, 11) is 0. The Hall–Kier alpha value is -2.71. The molecule has 2 rings (SSSR count). The Balaban J connectivity index is 2.26. The number of thioether (sulfide) groups is 1. The van der Waals surface area contributed by atoms with Gasteiger partial charge in [-0.1, -0.05) is 42.5 Å². The van der Waals surface area contributed by atoms with Crippen molar-refractivity contribution in [1.29, 1.82) is 0 Å². The lowest BCUT2D eigenvalue weighted by Crippen LogP contribution is -2.45. The van der Waals surface area contributed by atoms with Gasteiger partial charge in [-0.2, -0.15) is 0 Å². The average Bonchev–Trinajstić information content (AvgIpc) is 2.72. The Morgan fingerprint density at radius 1 is 1.06 bits per heavy atom. The van der Waals surface area contributed by atoms with E-state index in [-0.39, 0.29) is 18.0 Å². The lowest BCUT2D eigenvalue weighted by molar-refractivity contribution is -0.184. The van der Waals surface area contributed by atoms with Crippen molar-refractivity contribution in [3.05, 3.63) is 65.7 Å². The van der Waals surface area contributed by atoms with Crippen LogP contribution >= 0.6 is 11.8 Å². The number of nitrogens with zero attached hydrogens (tertiary/aromatic N) is 1. The molecule has 0 saturated carbocycles. The molecule has 32 heavy (non-hydrogen) atoms. The smallest absolute Gasteiger partial charge is 0.508 e. The Kier molecular flexibility index (Phi) is 9.41. The number of rotatable bonds is 9. The minimum absolute atomic E-state index is 0.122. The second-order valence-corrected chi connectivity index (χ2v) is 9.10. The zero-order valence-electron chi connectivity index (χ0n) is 19.1. The molecule has 174 valence electrons. The van der Waals surface area contributed by atoms with Gasteiger partial charge in [0.05, 0.1) is 5.88 Å². The van der Waals surface area contributed by atoms with Crippen LogP contribution in [0.15, 0.2) is 54.6 Å². The molecule has 2 aromatic carbocycles. The van der Waals surface area contributed by atoms with Crippen LogP contribution in [0.2, 0.25) is 0 Å². The van der Waals surface area contributed by atoms with Crippen LogP contribution < -0.4 is 0 Å². The normalized spacial score (nSPS) is 13.3. The summed E-state index contributed by atoms with van der Waals surface area (Å²) in [5.41, 5.74) is 0.890. The minimum atomic E-state index is -0.911. The van der Waals surface area contributed by atoms with Gasteiger partial charge in [0.1, 0.15) is 23.5 Å². The summed E-state index contributed by atoms with van der Waals surface area (Å²) in [4.78, 5) is 31.0. The molecule has 0 radical (unpaired) electrons. The van der Waals surface area contributed by atoms with Gasteiger partial charge in [-0.15, -0.1) is 16.8 Å². The molecule has 8 heteroatoms. The molecule has 0 heterocycles. The van der Waals surface area contributed by atoms with Crippen LogP contribution in [0.4, 0.5) is 4.79 Å². The maximum Gasteiger partial charge on any atom is 0.528 e. The third-order valence-corrected chi connectivity index (χ3v) is 4.90. The van der Waals surface area contributed by atoms with Gasteiger partial charge in [0.25, 0.3) is 0 Å². The Labute approximate surface area is 193 Å². The maximum absolute atomic E-state index is 13.2. The maximum atomic E-state index is 13.2. The first kappa shape index (κ1) is 25.5. The van der Waals surface area contributed by atoms with Gasteiger partial charge in [0, 0.05) is 6.42 Å². The van der Waals surface area contributed by atoms with Crippen molar-refractivity contribution in [1.82, 2.24) is 5.06 Å². The molecule has 0 aliphatic carbocycles. The predicted octanol–water partition coefficient (Wildman–Crippen LogP) is 5.10. The number of ether oxygens (including phenoxy) is 2. The third kappa shape index (κ3) is 8.43. The largest absolute Gasteiger partial charge is 0.528 e. The van der Waals surface area contributed by atoms with Crippen LogP contribution in [0.1, 0.15) is 44.9 Å². The molecule has 1 N–H and O–H groups in total. The summed E-state index contributed by atoms with van der Waals surface area (Å²) in [6.45, 7) is 6.99. The van der Waals surface area contributed by atoms with Gasteiger partial charge in [0.15, 0.2) is 0 Å². The summed E-state index contributed by atoms with van der Waals surface area (Å²) in [5, 5.41) is 10.9. The average molecular weight is 462 g/mol. The van der Waals surface area contributed by atoms with E-state index in [1.165, 1.54) is 29.0 Å². The van der Waals surface area contributed by atoms with Crippen LogP contribution in [0.25, 0.3) is 0 Å². The number of carbonyl (C=O) groups excluding carboxylic acids is 2. The van der Waals surface area contributed by atoms with Crippen molar-refractivity contribution in [2.24, 2.45) is 0 Å². The SMILES string of the molecule is CSCN(OC(=O)OC(C)(C)C)[C@H](Cc1ccc(O)cc1)C(=O)OC(C)c1ccccc1. The summed E-state index contributed by atoms with van der Waals surface area (Å²) >= 11 is 1.39. The topological polar surface area (TPSA) is 85.3 Å². The molecular weight excluding hydrogens is 430 g/mol. The van der Waals surface area contributed by atoms with Gasteiger partial charge < -0.3 is 19.4 Å². The van der Waals surface area contributed by atoms with E-state index in [1.807, 2.05) is 36.6 Å². The molecule has 0 aliphatic heterocycles. The van der Waals surface area contributed by atoms with E-state index in [1.54, 1.807) is 39.8 Å². The number of esters is 1. The van der Waals surface area contributed by atoms with Gasteiger partial charge in [-0.05, 0) is 57.2 Å². The fourth-order valence-corrected chi connectivity index (χ4v) is 3.36. The molecule has 7 nitrogen and oxygen atoms in total.